The molecule has 1 aliphatic rings. The van der Waals surface area contributed by atoms with Crippen molar-refractivity contribution >= 4 is 0 Å². The van der Waals surface area contributed by atoms with Gasteiger partial charge in [-0.1, -0.05) is 49.7 Å². The topological polar surface area (TPSA) is 39.7 Å². The van der Waals surface area contributed by atoms with E-state index in [2.05, 4.69) is 56.4 Å². The quantitative estimate of drug-likeness (QED) is 0.571. The number of methoxy groups -OCH3 is 2. The molecule has 0 amide bonds. The highest BCUT2D eigenvalue weighted by molar-refractivity contribution is 5.42. The lowest BCUT2D eigenvalue weighted by Gasteiger charge is -2.43. The standard InChI is InChI=1S/C26H37NO3/c1-19(2)25-17-26(13-15-30-25,22-9-6-20(3)7-10-22)12-14-27-18-21-8-11-23(28-4)24(16-21)29-5/h6-11,16,19,25,27H,12-15,17-18H2,1-5H3/t25-,26-/m0/s1. The van der Waals surface area contributed by atoms with Gasteiger partial charge in [-0.3, -0.25) is 0 Å². The molecule has 2 aromatic rings. The Bertz CT molecular complexity index is 802. The normalized spacial score (nSPS) is 21.6. The molecule has 4 nitrogen and oxygen atoms in total. The lowest BCUT2D eigenvalue weighted by molar-refractivity contribution is -0.0469. The number of hydrogen-bond donors (Lipinski definition) is 1. The predicted molar refractivity (Wildman–Crippen MR) is 123 cm³/mol. The summed E-state index contributed by atoms with van der Waals surface area (Å²) >= 11 is 0. The molecule has 2 aromatic carbocycles. The van der Waals surface area contributed by atoms with Gasteiger partial charge in [-0.2, -0.15) is 0 Å². The summed E-state index contributed by atoms with van der Waals surface area (Å²) in [6.07, 6.45) is 3.60. The van der Waals surface area contributed by atoms with E-state index >= 15 is 0 Å². The van der Waals surface area contributed by atoms with Gasteiger partial charge in [0.2, 0.25) is 0 Å². The molecule has 1 fully saturated rings. The maximum atomic E-state index is 6.12. The zero-order valence-corrected chi connectivity index (χ0v) is 19.2. The fourth-order valence-electron chi connectivity index (χ4n) is 4.47. The molecule has 0 unspecified atom stereocenters. The predicted octanol–water partition coefficient (Wildman–Crippen LogP) is 5.26. The fourth-order valence-corrected chi connectivity index (χ4v) is 4.47. The summed E-state index contributed by atoms with van der Waals surface area (Å²) in [5, 5.41) is 3.65. The summed E-state index contributed by atoms with van der Waals surface area (Å²) < 4.78 is 16.9. The molecule has 3 rings (SSSR count). The Labute approximate surface area is 181 Å². The summed E-state index contributed by atoms with van der Waals surface area (Å²) in [6.45, 7) is 9.31. The third-order valence-corrected chi connectivity index (χ3v) is 6.47. The monoisotopic (exact) mass is 411 g/mol. The third-order valence-electron chi connectivity index (χ3n) is 6.47. The lowest BCUT2D eigenvalue weighted by atomic mass is 9.68. The first-order chi connectivity index (χ1) is 14.5. The molecule has 164 valence electrons. The van der Waals surface area contributed by atoms with Crippen LogP contribution in [0.1, 0.15) is 49.8 Å². The highest BCUT2D eigenvalue weighted by Gasteiger charge is 2.39. The highest BCUT2D eigenvalue weighted by atomic mass is 16.5. The van der Waals surface area contributed by atoms with E-state index in [1.54, 1.807) is 14.2 Å². The van der Waals surface area contributed by atoms with E-state index < -0.39 is 0 Å². The molecule has 1 heterocycles. The van der Waals surface area contributed by atoms with Gasteiger partial charge in [0.1, 0.15) is 0 Å². The van der Waals surface area contributed by atoms with Crippen LogP contribution in [0.2, 0.25) is 0 Å². The van der Waals surface area contributed by atoms with Gasteiger partial charge in [-0.15, -0.1) is 0 Å². The van der Waals surface area contributed by atoms with Crippen molar-refractivity contribution in [3.8, 4) is 11.5 Å². The molecule has 4 heteroatoms. The number of benzene rings is 2. The van der Waals surface area contributed by atoms with Gasteiger partial charge in [0.05, 0.1) is 20.3 Å². The number of rotatable bonds is 9. The Hall–Kier alpha value is -2.04. The summed E-state index contributed by atoms with van der Waals surface area (Å²) in [7, 11) is 3.34. The van der Waals surface area contributed by atoms with Crippen LogP contribution in [-0.2, 0) is 16.7 Å². The molecular weight excluding hydrogens is 374 g/mol. The maximum absolute atomic E-state index is 6.12. The summed E-state index contributed by atoms with van der Waals surface area (Å²) in [5.41, 5.74) is 4.14. The van der Waals surface area contributed by atoms with Crippen LogP contribution in [0, 0.1) is 12.8 Å². The Morgan fingerprint density at radius 2 is 1.80 bits per heavy atom. The number of hydrogen-bond acceptors (Lipinski definition) is 4. The summed E-state index contributed by atoms with van der Waals surface area (Å²) in [6, 6.07) is 15.2. The second-order valence-corrected chi connectivity index (χ2v) is 8.87. The molecule has 2 atom stereocenters. The smallest absolute Gasteiger partial charge is 0.161 e. The third kappa shape index (κ3) is 5.35. The number of aryl methyl sites for hydroxylation is 1. The van der Waals surface area contributed by atoms with Gasteiger partial charge < -0.3 is 19.5 Å². The first-order valence-electron chi connectivity index (χ1n) is 11.1. The van der Waals surface area contributed by atoms with Crippen LogP contribution >= 0.6 is 0 Å². The molecule has 1 N–H and O–H groups in total. The van der Waals surface area contributed by atoms with Crippen molar-refractivity contribution in [2.75, 3.05) is 27.4 Å². The van der Waals surface area contributed by atoms with Crippen LogP contribution < -0.4 is 14.8 Å². The van der Waals surface area contributed by atoms with Gasteiger partial charge in [-0.05, 0) is 61.9 Å². The molecule has 0 radical (unpaired) electrons. The van der Waals surface area contributed by atoms with Crippen LogP contribution in [0.4, 0.5) is 0 Å². The summed E-state index contributed by atoms with van der Waals surface area (Å²) in [4.78, 5) is 0. The highest BCUT2D eigenvalue weighted by Crippen LogP contribution is 2.41. The van der Waals surface area contributed by atoms with Crippen LogP contribution in [0.5, 0.6) is 11.5 Å². The molecule has 1 saturated heterocycles. The molecule has 0 bridgehead atoms. The van der Waals surface area contributed by atoms with Crippen molar-refractivity contribution in [1.82, 2.24) is 5.32 Å². The maximum Gasteiger partial charge on any atom is 0.161 e. The van der Waals surface area contributed by atoms with Crippen molar-refractivity contribution in [1.29, 1.82) is 0 Å². The average Bonchev–Trinajstić information content (AvgIpc) is 2.77. The Morgan fingerprint density at radius 3 is 2.47 bits per heavy atom. The number of nitrogens with one attached hydrogen (secondary N) is 1. The Kier molecular flexibility index (Phi) is 7.79. The first-order valence-corrected chi connectivity index (χ1v) is 11.1. The van der Waals surface area contributed by atoms with E-state index in [0.717, 1.165) is 50.5 Å². The van der Waals surface area contributed by atoms with Crippen molar-refractivity contribution in [2.24, 2.45) is 5.92 Å². The van der Waals surface area contributed by atoms with E-state index in [9.17, 15) is 0 Å². The van der Waals surface area contributed by atoms with Crippen molar-refractivity contribution in [3.63, 3.8) is 0 Å². The molecule has 1 aliphatic heterocycles. The minimum atomic E-state index is 0.172. The van der Waals surface area contributed by atoms with Crippen LogP contribution in [-0.4, -0.2) is 33.5 Å². The molecular formula is C26H37NO3. The minimum Gasteiger partial charge on any atom is -0.493 e. The molecule has 0 saturated carbocycles. The SMILES string of the molecule is COc1ccc(CNCC[C@]2(c3ccc(C)cc3)CCO[C@H](C(C)C)C2)cc1OC. The van der Waals surface area contributed by atoms with E-state index in [1.807, 2.05) is 12.1 Å². The van der Waals surface area contributed by atoms with Crippen molar-refractivity contribution in [2.45, 2.75) is 58.1 Å². The van der Waals surface area contributed by atoms with Gasteiger partial charge in [0, 0.05) is 18.6 Å². The Balaban J connectivity index is 1.68. The lowest BCUT2D eigenvalue weighted by Crippen LogP contribution is -2.42. The average molecular weight is 412 g/mol. The van der Waals surface area contributed by atoms with E-state index in [-0.39, 0.29) is 5.41 Å². The zero-order chi connectivity index (χ0) is 21.6. The fraction of sp³-hybridized carbons (Fsp3) is 0.538. The van der Waals surface area contributed by atoms with Crippen LogP contribution in [0.3, 0.4) is 0 Å². The van der Waals surface area contributed by atoms with Crippen molar-refractivity contribution in [3.05, 3.63) is 59.2 Å². The van der Waals surface area contributed by atoms with E-state index in [0.29, 0.717) is 12.0 Å². The van der Waals surface area contributed by atoms with Crippen LogP contribution in [0.25, 0.3) is 0 Å². The molecule has 0 aromatic heterocycles. The van der Waals surface area contributed by atoms with Crippen molar-refractivity contribution < 1.29 is 14.2 Å². The summed E-state index contributed by atoms with van der Waals surface area (Å²) in [5.74, 6) is 2.08. The van der Waals surface area contributed by atoms with Gasteiger partial charge in [-0.25, -0.2) is 0 Å². The van der Waals surface area contributed by atoms with Gasteiger partial charge in [0.25, 0.3) is 0 Å². The molecule has 30 heavy (non-hydrogen) atoms. The molecule has 0 spiro atoms. The van der Waals surface area contributed by atoms with E-state index in [4.69, 9.17) is 14.2 Å². The van der Waals surface area contributed by atoms with Gasteiger partial charge >= 0.3 is 0 Å². The molecule has 0 aliphatic carbocycles. The van der Waals surface area contributed by atoms with Crippen LogP contribution in [0.15, 0.2) is 42.5 Å². The first kappa shape index (κ1) is 22.6. The number of ether oxygens (including phenoxy) is 3. The zero-order valence-electron chi connectivity index (χ0n) is 19.2. The minimum absolute atomic E-state index is 0.172. The Morgan fingerprint density at radius 1 is 1.07 bits per heavy atom. The second-order valence-electron chi connectivity index (χ2n) is 8.87. The largest absolute Gasteiger partial charge is 0.493 e. The second kappa shape index (κ2) is 10.3. The van der Waals surface area contributed by atoms with Gasteiger partial charge in [0.15, 0.2) is 11.5 Å². The van der Waals surface area contributed by atoms with E-state index in [1.165, 1.54) is 16.7 Å².